The largest absolute Gasteiger partial charge is 0.373 e. The molecule has 0 aromatic carbocycles. The first-order valence-electron chi connectivity index (χ1n) is 7.14. The van der Waals surface area contributed by atoms with Crippen LogP contribution in [0.25, 0.3) is 0 Å². The first kappa shape index (κ1) is 14.9. The third-order valence-corrected chi connectivity index (χ3v) is 3.48. The van der Waals surface area contributed by atoms with Crippen molar-refractivity contribution in [3.05, 3.63) is 0 Å². The third kappa shape index (κ3) is 5.84. The fourth-order valence-electron chi connectivity index (χ4n) is 2.37. The number of unbranched alkanes of at least 4 members (excludes halogenated alkanes) is 2. The number of hydrogen-bond donors (Lipinski definition) is 1. The molecule has 1 N–H and O–H groups in total. The van der Waals surface area contributed by atoms with E-state index in [0.29, 0.717) is 6.04 Å². The Hall–Kier alpha value is -0.120. The Labute approximate surface area is 107 Å². The molecule has 0 saturated carbocycles. The summed E-state index contributed by atoms with van der Waals surface area (Å²) < 4.78 is 5.74. The highest BCUT2D eigenvalue weighted by molar-refractivity contribution is 4.82. The Morgan fingerprint density at radius 1 is 1.35 bits per heavy atom. The predicted octanol–water partition coefficient (Wildman–Crippen LogP) is 2.27. The minimum absolute atomic E-state index is 0.0225. The Morgan fingerprint density at radius 3 is 2.76 bits per heavy atom. The molecule has 0 aliphatic carbocycles. The molecule has 3 heteroatoms. The van der Waals surface area contributed by atoms with Crippen LogP contribution in [0.5, 0.6) is 0 Å². The summed E-state index contributed by atoms with van der Waals surface area (Å²) >= 11 is 0. The number of hydrogen-bond acceptors (Lipinski definition) is 3. The smallest absolute Gasteiger partial charge is 0.0753 e. The van der Waals surface area contributed by atoms with Gasteiger partial charge in [0.05, 0.1) is 12.2 Å². The van der Waals surface area contributed by atoms with Gasteiger partial charge >= 0.3 is 0 Å². The van der Waals surface area contributed by atoms with Gasteiger partial charge in [0.2, 0.25) is 0 Å². The average Bonchev–Trinajstić information content (AvgIpc) is 2.27. The van der Waals surface area contributed by atoms with Crippen molar-refractivity contribution in [2.24, 2.45) is 0 Å². The van der Waals surface area contributed by atoms with E-state index in [1.807, 2.05) is 0 Å². The van der Waals surface area contributed by atoms with Gasteiger partial charge in [0, 0.05) is 25.7 Å². The lowest BCUT2D eigenvalue weighted by Crippen LogP contribution is -2.53. The van der Waals surface area contributed by atoms with Crippen molar-refractivity contribution in [1.82, 2.24) is 10.2 Å². The van der Waals surface area contributed by atoms with Gasteiger partial charge in [0.25, 0.3) is 0 Å². The lowest BCUT2D eigenvalue weighted by Gasteiger charge is -2.41. The molecule has 1 fully saturated rings. The zero-order chi connectivity index (χ0) is 12.7. The van der Waals surface area contributed by atoms with Crippen LogP contribution >= 0.6 is 0 Å². The van der Waals surface area contributed by atoms with E-state index in [2.05, 4.69) is 37.9 Å². The van der Waals surface area contributed by atoms with E-state index in [-0.39, 0.29) is 5.60 Å². The Morgan fingerprint density at radius 2 is 2.12 bits per heavy atom. The Balaban J connectivity index is 2.16. The summed E-state index contributed by atoms with van der Waals surface area (Å²) in [7, 11) is 0. The molecule has 1 atom stereocenters. The standard InChI is InChI=1S/C14H30N2O/c1-5-6-7-8-15-11-13(2)16-9-10-17-14(3,4)12-16/h13,15H,5-12H2,1-4H3. The second-order valence-electron chi connectivity index (χ2n) is 5.84. The number of rotatable bonds is 7. The topological polar surface area (TPSA) is 24.5 Å². The van der Waals surface area contributed by atoms with Crippen molar-refractivity contribution < 1.29 is 4.74 Å². The minimum Gasteiger partial charge on any atom is -0.373 e. The highest BCUT2D eigenvalue weighted by atomic mass is 16.5. The lowest BCUT2D eigenvalue weighted by molar-refractivity contribution is -0.0950. The van der Waals surface area contributed by atoms with Gasteiger partial charge < -0.3 is 10.1 Å². The van der Waals surface area contributed by atoms with Crippen LogP contribution in [-0.2, 0) is 4.74 Å². The van der Waals surface area contributed by atoms with Crippen molar-refractivity contribution >= 4 is 0 Å². The van der Waals surface area contributed by atoms with Gasteiger partial charge in [-0.25, -0.2) is 0 Å². The molecule has 1 saturated heterocycles. The van der Waals surface area contributed by atoms with Gasteiger partial charge in [-0.1, -0.05) is 19.8 Å². The lowest BCUT2D eigenvalue weighted by atomic mass is 10.1. The monoisotopic (exact) mass is 242 g/mol. The summed E-state index contributed by atoms with van der Waals surface area (Å²) in [4.78, 5) is 2.54. The van der Waals surface area contributed by atoms with Gasteiger partial charge in [-0.2, -0.15) is 0 Å². The summed E-state index contributed by atoms with van der Waals surface area (Å²) in [5, 5.41) is 3.56. The van der Waals surface area contributed by atoms with Crippen LogP contribution in [0.2, 0.25) is 0 Å². The maximum absolute atomic E-state index is 5.74. The maximum Gasteiger partial charge on any atom is 0.0753 e. The van der Waals surface area contributed by atoms with Crippen LogP contribution in [0.15, 0.2) is 0 Å². The van der Waals surface area contributed by atoms with Crippen LogP contribution < -0.4 is 5.32 Å². The zero-order valence-electron chi connectivity index (χ0n) is 12.1. The van der Waals surface area contributed by atoms with Crippen molar-refractivity contribution in [2.75, 3.05) is 32.8 Å². The molecule has 0 aromatic rings. The molecule has 102 valence electrons. The van der Waals surface area contributed by atoms with Crippen molar-refractivity contribution in [3.8, 4) is 0 Å². The Kier molecular flexibility index (Phi) is 6.45. The van der Waals surface area contributed by atoms with Crippen LogP contribution in [0.1, 0.15) is 47.0 Å². The fourth-order valence-corrected chi connectivity index (χ4v) is 2.37. The molecule has 3 nitrogen and oxygen atoms in total. The quantitative estimate of drug-likeness (QED) is 0.693. The van der Waals surface area contributed by atoms with E-state index >= 15 is 0 Å². The maximum atomic E-state index is 5.74. The van der Waals surface area contributed by atoms with Crippen LogP contribution in [0, 0.1) is 0 Å². The second-order valence-corrected chi connectivity index (χ2v) is 5.84. The van der Waals surface area contributed by atoms with E-state index in [1.54, 1.807) is 0 Å². The van der Waals surface area contributed by atoms with Gasteiger partial charge in [-0.15, -0.1) is 0 Å². The van der Waals surface area contributed by atoms with E-state index in [0.717, 1.165) is 32.8 Å². The van der Waals surface area contributed by atoms with Crippen LogP contribution in [-0.4, -0.2) is 49.3 Å². The summed E-state index contributed by atoms with van der Waals surface area (Å²) in [6.07, 6.45) is 3.94. The predicted molar refractivity (Wildman–Crippen MR) is 73.5 cm³/mol. The third-order valence-electron chi connectivity index (χ3n) is 3.48. The van der Waals surface area contributed by atoms with Crippen molar-refractivity contribution in [3.63, 3.8) is 0 Å². The number of nitrogens with one attached hydrogen (secondary N) is 1. The molecule has 0 aromatic heterocycles. The first-order valence-corrected chi connectivity index (χ1v) is 7.14. The number of ether oxygens (including phenoxy) is 1. The molecule has 0 radical (unpaired) electrons. The van der Waals surface area contributed by atoms with Crippen LogP contribution in [0.4, 0.5) is 0 Å². The zero-order valence-corrected chi connectivity index (χ0v) is 12.1. The molecule has 1 aliphatic heterocycles. The highest BCUT2D eigenvalue weighted by Crippen LogP contribution is 2.17. The summed E-state index contributed by atoms with van der Waals surface area (Å²) in [5.41, 5.74) is 0.0225. The van der Waals surface area contributed by atoms with Gasteiger partial charge in [0.15, 0.2) is 0 Å². The molecule has 0 spiro atoms. The highest BCUT2D eigenvalue weighted by Gasteiger charge is 2.29. The van der Waals surface area contributed by atoms with E-state index < -0.39 is 0 Å². The van der Waals surface area contributed by atoms with Gasteiger partial charge in [0.1, 0.15) is 0 Å². The van der Waals surface area contributed by atoms with Gasteiger partial charge in [-0.05, 0) is 33.7 Å². The molecule has 0 amide bonds. The Bertz CT molecular complexity index is 206. The van der Waals surface area contributed by atoms with E-state index in [1.165, 1.54) is 19.3 Å². The molecule has 1 rings (SSSR count). The molecule has 0 bridgehead atoms. The minimum atomic E-state index is 0.0225. The SMILES string of the molecule is CCCCCNCC(C)N1CCOC(C)(C)C1. The van der Waals surface area contributed by atoms with E-state index in [4.69, 9.17) is 4.74 Å². The second kappa shape index (κ2) is 7.34. The first-order chi connectivity index (χ1) is 8.05. The van der Waals surface area contributed by atoms with Crippen LogP contribution in [0.3, 0.4) is 0 Å². The average molecular weight is 242 g/mol. The van der Waals surface area contributed by atoms with Crippen molar-refractivity contribution in [1.29, 1.82) is 0 Å². The number of morpholine rings is 1. The van der Waals surface area contributed by atoms with Crippen molar-refractivity contribution in [2.45, 2.75) is 58.6 Å². The normalized spacial score (nSPS) is 22.6. The summed E-state index contributed by atoms with van der Waals surface area (Å²) in [6.45, 7) is 14.2. The summed E-state index contributed by atoms with van der Waals surface area (Å²) in [6, 6.07) is 0.611. The fraction of sp³-hybridized carbons (Fsp3) is 1.00. The molecule has 1 aliphatic rings. The molecule has 1 heterocycles. The number of nitrogens with zero attached hydrogens (tertiary/aromatic N) is 1. The van der Waals surface area contributed by atoms with Gasteiger partial charge in [-0.3, -0.25) is 4.90 Å². The molecular formula is C14H30N2O. The summed E-state index contributed by atoms with van der Waals surface area (Å²) in [5.74, 6) is 0. The van der Waals surface area contributed by atoms with E-state index in [9.17, 15) is 0 Å². The molecular weight excluding hydrogens is 212 g/mol. The molecule has 1 unspecified atom stereocenters. The molecule has 17 heavy (non-hydrogen) atoms.